The molecule has 0 aromatic heterocycles. The summed E-state index contributed by atoms with van der Waals surface area (Å²) in [5, 5.41) is 0. The van der Waals surface area contributed by atoms with E-state index in [2.05, 4.69) is 0 Å². The Labute approximate surface area is 117 Å². The maximum absolute atomic E-state index is 14.0. The third kappa shape index (κ3) is 3.16. The molecule has 1 aromatic carbocycles. The summed E-state index contributed by atoms with van der Waals surface area (Å²) in [6.45, 7) is 4.45. The molecule has 0 radical (unpaired) electrons. The van der Waals surface area contributed by atoms with E-state index >= 15 is 0 Å². The van der Waals surface area contributed by atoms with Crippen LogP contribution in [0.2, 0.25) is 0 Å². The highest BCUT2D eigenvalue weighted by atomic mass is 19.2. The Balaban J connectivity index is 2.12. The highest BCUT2D eigenvalue weighted by Crippen LogP contribution is 2.30. The molecule has 3 nitrogen and oxygen atoms in total. The van der Waals surface area contributed by atoms with Gasteiger partial charge in [0.15, 0.2) is 17.9 Å². The molecule has 1 aliphatic rings. The van der Waals surface area contributed by atoms with Crippen molar-refractivity contribution in [1.29, 1.82) is 0 Å². The maximum atomic E-state index is 14.0. The van der Waals surface area contributed by atoms with Gasteiger partial charge in [0.05, 0.1) is 19.8 Å². The van der Waals surface area contributed by atoms with Gasteiger partial charge in [0.1, 0.15) is 0 Å². The van der Waals surface area contributed by atoms with E-state index in [1.165, 1.54) is 12.1 Å². The van der Waals surface area contributed by atoms with Crippen LogP contribution in [0.25, 0.3) is 0 Å². The van der Waals surface area contributed by atoms with Gasteiger partial charge < -0.3 is 14.2 Å². The molecule has 0 atom stereocenters. The van der Waals surface area contributed by atoms with Gasteiger partial charge in [0.2, 0.25) is 5.82 Å². The van der Waals surface area contributed by atoms with Crippen LogP contribution in [0, 0.1) is 11.6 Å². The van der Waals surface area contributed by atoms with Crippen molar-refractivity contribution >= 4 is 0 Å². The molecule has 0 bridgehead atoms. The van der Waals surface area contributed by atoms with Gasteiger partial charge in [-0.2, -0.15) is 4.39 Å². The highest BCUT2D eigenvalue weighted by molar-refractivity contribution is 5.33. The first-order chi connectivity index (χ1) is 9.67. The first-order valence-electron chi connectivity index (χ1n) is 6.64. The zero-order chi connectivity index (χ0) is 14.5. The van der Waals surface area contributed by atoms with Crippen LogP contribution in [0.5, 0.6) is 5.75 Å². The number of allylic oxidation sites excluding steroid dienone is 1. The number of hydrogen-bond donors (Lipinski definition) is 0. The molecule has 0 amide bonds. The number of ether oxygens (including phenoxy) is 3. The molecular formula is C15H18F2O3. The van der Waals surface area contributed by atoms with Crippen molar-refractivity contribution < 1.29 is 23.0 Å². The molecule has 20 heavy (non-hydrogen) atoms. The smallest absolute Gasteiger partial charge is 0.200 e. The van der Waals surface area contributed by atoms with Gasteiger partial charge in [-0.3, -0.25) is 0 Å². The summed E-state index contributed by atoms with van der Waals surface area (Å²) in [5.41, 5.74) is 0.255. The first kappa shape index (κ1) is 14.9. The fraction of sp³-hybridized carbons (Fsp3) is 0.467. The lowest BCUT2D eigenvalue weighted by atomic mass is 9.99. The average Bonchev–Trinajstić information content (AvgIpc) is 2.46. The predicted molar refractivity (Wildman–Crippen MR) is 70.8 cm³/mol. The summed E-state index contributed by atoms with van der Waals surface area (Å²) >= 11 is 0. The van der Waals surface area contributed by atoms with Gasteiger partial charge in [0.25, 0.3) is 0 Å². The Morgan fingerprint density at radius 3 is 2.55 bits per heavy atom. The maximum Gasteiger partial charge on any atom is 0.200 e. The molecule has 0 N–H and O–H groups in total. The van der Waals surface area contributed by atoms with E-state index in [4.69, 9.17) is 14.2 Å². The van der Waals surface area contributed by atoms with Crippen molar-refractivity contribution in [1.82, 2.24) is 0 Å². The lowest BCUT2D eigenvalue weighted by Gasteiger charge is -2.28. The topological polar surface area (TPSA) is 27.7 Å². The van der Waals surface area contributed by atoms with Crippen molar-refractivity contribution in [2.24, 2.45) is 0 Å². The average molecular weight is 284 g/mol. The van der Waals surface area contributed by atoms with E-state index in [0.717, 1.165) is 0 Å². The molecule has 1 fully saturated rings. The van der Waals surface area contributed by atoms with Gasteiger partial charge in [-0.15, -0.1) is 0 Å². The van der Waals surface area contributed by atoms with E-state index in [-0.39, 0.29) is 23.8 Å². The number of hydrogen-bond acceptors (Lipinski definition) is 3. The Hall–Kier alpha value is -1.46. The van der Waals surface area contributed by atoms with Gasteiger partial charge in [0, 0.05) is 5.92 Å². The fourth-order valence-electron chi connectivity index (χ4n) is 2.09. The minimum atomic E-state index is -0.958. The molecule has 5 heteroatoms. The Bertz CT molecular complexity index is 480. The molecule has 1 aliphatic heterocycles. The molecule has 110 valence electrons. The lowest BCUT2D eigenvalue weighted by Crippen LogP contribution is -2.30. The molecule has 0 unspecified atom stereocenters. The molecule has 1 heterocycles. The zero-order valence-electron chi connectivity index (χ0n) is 11.6. The van der Waals surface area contributed by atoms with Crippen molar-refractivity contribution in [2.45, 2.75) is 26.1 Å². The van der Waals surface area contributed by atoms with Crippen LogP contribution in [-0.4, -0.2) is 26.1 Å². The largest absolute Gasteiger partial charge is 0.491 e. The zero-order valence-corrected chi connectivity index (χ0v) is 11.6. The van der Waals surface area contributed by atoms with Gasteiger partial charge >= 0.3 is 0 Å². The molecular weight excluding hydrogens is 266 g/mol. The van der Waals surface area contributed by atoms with Gasteiger partial charge in [-0.05, 0) is 31.6 Å². The summed E-state index contributed by atoms with van der Waals surface area (Å²) in [6, 6.07) is 2.96. The molecule has 2 rings (SSSR count). The van der Waals surface area contributed by atoms with Crippen molar-refractivity contribution in [3.05, 3.63) is 41.5 Å². The van der Waals surface area contributed by atoms with Crippen LogP contribution >= 0.6 is 0 Å². The molecule has 1 saturated heterocycles. The van der Waals surface area contributed by atoms with E-state index in [0.29, 0.717) is 13.2 Å². The molecule has 1 aromatic rings. The first-order valence-corrected chi connectivity index (χ1v) is 6.64. The second kappa shape index (κ2) is 6.81. The number of rotatable bonds is 4. The standard InChI is InChI=1S/C15H18F2O3/c1-3-5-13-19-8-10(9-20-13)11-6-7-12(18-4-2)15(17)14(11)16/h3,5-7,10,13H,4,8-9H2,1-2H3/b5-3+. The summed E-state index contributed by atoms with van der Waals surface area (Å²) in [6.07, 6.45) is 3.18. The van der Waals surface area contributed by atoms with Crippen molar-refractivity contribution in [3.63, 3.8) is 0 Å². The van der Waals surface area contributed by atoms with Crippen LogP contribution in [0.15, 0.2) is 24.3 Å². The van der Waals surface area contributed by atoms with Crippen molar-refractivity contribution in [3.8, 4) is 5.75 Å². The quantitative estimate of drug-likeness (QED) is 0.793. The number of benzene rings is 1. The summed E-state index contributed by atoms with van der Waals surface area (Å²) in [4.78, 5) is 0. The highest BCUT2D eigenvalue weighted by Gasteiger charge is 2.26. The van der Waals surface area contributed by atoms with E-state index in [9.17, 15) is 8.78 Å². The lowest BCUT2D eigenvalue weighted by molar-refractivity contribution is -0.159. The van der Waals surface area contributed by atoms with E-state index in [1.807, 2.05) is 13.0 Å². The van der Waals surface area contributed by atoms with Crippen LogP contribution in [0.3, 0.4) is 0 Å². The minimum Gasteiger partial charge on any atom is -0.491 e. The minimum absolute atomic E-state index is 0.0711. The van der Waals surface area contributed by atoms with E-state index < -0.39 is 17.9 Å². The molecule has 0 aliphatic carbocycles. The second-order valence-electron chi connectivity index (χ2n) is 4.47. The molecule has 0 saturated carbocycles. The molecule has 0 spiro atoms. The van der Waals surface area contributed by atoms with Gasteiger partial charge in [-0.25, -0.2) is 4.39 Å². The monoisotopic (exact) mass is 284 g/mol. The normalized spacial score (nSPS) is 23.2. The van der Waals surface area contributed by atoms with Gasteiger partial charge in [-0.1, -0.05) is 12.1 Å². The predicted octanol–water partition coefficient (Wildman–Crippen LogP) is 3.40. The van der Waals surface area contributed by atoms with Crippen LogP contribution < -0.4 is 4.74 Å². The Morgan fingerprint density at radius 2 is 1.95 bits per heavy atom. The summed E-state index contributed by atoms with van der Waals surface area (Å²) in [7, 11) is 0. The van der Waals surface area contributed by atoms with Crippen LogP contribution in [0.1, 0.15) is 25.3 Å². The third-order valence-electron chi connectivity index (χ3n) is 3.09. The summed E-state index contributed by atoms with van der Waals surface area (Å²) < 4.78 is 43.7. The summed E-state index contributed by atoms with van der Waals surface area (Å²) in [5.74, 6) is -2.24. The van der Waals surface area contributed by atoms with E-state index in [1.54, 1.807) is 13.0 Å². The van der Waals surface area contributed by atoms with Crippen LogP contribution in [0.4, 0.5) is 8.78 Å². The number of halogens is 2. The SMILES string of the molecule is C/C=C/C1OCC(c2ccc(OCC)c(F)c2F)CO1. The second-order valence-corrected chi connectivity index (χ2v) is 4.47. The van der Waals surface area contributed by atoms with Crippen molar-refractivity contribution in [2.75, 3.05) is 19.8 Å². The fourth-order valence-corrected chi connectivity index (χ4v) is 2.09. The third-order valence-corrected chi connectivity index (χ3v) is 3.09. The Morgan fingerprint density at radius 1 is 1.25 bits per heavy atom. The Kier molecular flexibility index (Phi) is 5.09. The van der Waals surface area contributed by atoms with Crippen LogP contribution in [-0.2, 0) is 9.47 Å².